The summed E-state index contributed by atoms with van der Waals surface area (Å²) in [7, 11) is -2.93. The van der Waals surface area contributed by atoms with Crippen molar-refractivity contribution in [1.29, 1.82) is 0 Å². The molecule has 0 radical (unpaired) electrons. The third kappa shape index (κ3) is 3.40. The average molecular weight is 372 g/mol. The first-order valence-corrected chi connectivity index (χ1v) is 11.0. The molecule has 1 atom stereocenters. The summed E-state index contributed by atoms with van der Waals surface area (Å²) in [6, 6.07) is 10.4. The minimum Gasteiger partial charge on any atom is -0.352 e. The van der Waals surface area contributed by atoms with Crippen molar-refractivity contribution >= 4 is 21.6 Å². The molecule has 1 unspecified atom stereocenters. The van der Waals surface area contributed by atoms with Crippen LogP contribution in [0.15, 0.2) is 36.5 Å². The number of nitrogens with zero attached hydrogens (tertiary/aromatic N) is 4. The van der Waals surface area contributed by atoms with Gasteiger partial charge < -0.3 is 9.80 Å². The van der Waals surface area contributed by atoms with E-state index >= 15 is 0 Å². The molecule has 1 saturated heterocycles. The van der Waals surface area contributed by atoms with Gasteiger partial charge in [-0.3, -0.25) is 0 Å². The van der Waals surface area contributed by atoms with Gasteiger partial charge in [0.25, 0.3) is 0 Å². The molecule has 2 aliphatic rings. The lowest BCUT2D eigenvalue weighted by molar-refractivity contribution is 0.599. The van der Waals surface area contributed by atoms with E-state index in [4.69, 9.17) is 4.98 Å². The molecule has 0 N–H and O–H groups in total. The van der Waals surface area contributed by atoms with Crippen molar-refractivity contribution in [1.82, 2.24) is 9.97 Å². The summed E-state index contributed by atoms with van der Waals surface area (Å²) in [6.07, 6.45) is 3.44. The second-order valence-corrected chi connectivity index (χ2v) is 9.23. The highest BCUT2D eigenvalue weighted by atomic mass is 32.2. The first kappa shape index (κ1) is 17.3. The zero-order valence-electron chi connectivity index (χ0n) is 15.0. The van der Waals surface area contributed by atoms with E-state index in [1.165, 1.54) is 11.1 Å². The van der Waals surface area contributed by atoms with Crippen molar-refractivity contribution in [3.63, 3.8) is 0 Å². The molecule has 0 amide bonds. The Morgan fingerprint density at radius 3 is 2.77 bits per heavy atom. The Bertz CT molecular complexity index is 900. The third-order valence-corrected chi connectivity index (χ3v) is 7.08. The smallest absolute Gasteiger partial charge is 0.227 e. The molecule has 6 nitrogen and oxygen atoms in total. The summed E-state index contributed by atoms with van der Waals surface area (Å²) >= 11 is 0. The van der Waals surface area contributed by atoms with Crippen LogP contribution in [0.3, 0.4) is 0 Å². The number of benzene rings is 1. The number of hydrogen-bond acceptors (Lipinski definition) is 6. The second-order valence-electron chi connectivity index (χ2n) is 7.00. The molecule has 0 saturated carbocycles. The second kappa shape index (κ2) is 6.87. The standard InChI is InChI=1S/C19H24N4O2S/c1-2-23(17-9-12-26(24,25)14-17)19-20-10-7-18(21-19)22-11-8-15-5-3-4-6-16(15)13-22/h3-7,10,17H,2,8-9,11-14H2,1H3. The van der Waals surface area contributed by atoms with E-state index in [0.717, 1.165) is 25.3 Å². The van der Waals surface area contributed by atoms with Gasteiger partial charge in [-0.2, -0.15) is 4.98 Å². The molecule has 3 heterocycles. The SMILES string of the molecule is CCN(c1nccc(N2CCc3ccccc3C2)n1)C1CCS(=O)(=O)C1. The molecule has 138 valence electrons. The van der Waals surface area contributed by atoms with Crippen LogP contribution in [0.1, 0.15) is 24.5 Å². The molecular formula is C19H24N4O2S. The van der Waals surface area contributed by atoms with E-state index in [2.05, 4.69) is 34.1 Å². The van der Waals surface area contributed by atoms with Crippen molar-refractivity contribution in [2.75, 3.05) is 34.4 Å². The maximum absolute atomic E-state index is 11.8. The number of aromatic nitrogens is 2. The van der Waals surface area contributed by atoms with Gasteiger partial charge in [-0.25, -0.2) is 13.4 Å². The normalized spacial score (nSPS) is 21.4. The van der Waals surface area contributed by atoms with E-state index in [-0.39, 0.29) is 17.5 Å². The van der Waals surface area contributed by atoms with Gasteiger partial charge >= 0.3 is 0 Å². The summed E-state index contributed by atoms with van der Waals surface area (Å²) in [5, 5.41) is 0. The van der Waals surface area contributed by atoms with Crippen LogP contribution in [0.25, 0.3) is 0 Å². The zero-order chi connectivity index (χ0) is 18.1. The van der Waals surface area contributed by atoms with E-state index in [9.17, 15) is 8.42 Å². The lowest BCUT2D eigenvalue weighted by Crippen LogP contribution is -2.38. The van der Waals surface area contributed by atoms with Crippen molar-refractivity contribution < 1.29 is 8.42 Å². The van der Waals surface area contributed by atoms with Crippen molar-refractivity contribution in [2.24, 2.45) is 0 Å². The Morgan fingerprint density at radius 1 is 1.23 bits per heavy atom. The Kier molecular flexibility index (Phi) is 4.56. The number of anilines is 2. The highest BCUT2D eigenvalue weighted by Gasteiger charge is 2.33. The van der Waals surface area contributed by atoms with E-state index in [1.54, 1.807) is 6.20 Å². The summed E-state index contributed by atoms with van der Waals surface area (Å²) in [6.45, 7) is 4.50. The van der Waals surface area contributed by atoms with E-state index in [1.807, 2.05) is 17.9 Å². The van der Waals surface area contributed by atoms with Crippen LogP contribution in [0.5, 0.6) is 0 Å². The monoisotopic (exact) mass is 372 g/mol. The van der Waals surface area contributed by atoms with Gasteiger partial charge in [0, 0.05) is 31.9 Å². The first-order chi connectivity index (χ1) is 12.6. The lowest BCUT2D eigenvalue weighted by atomic mass is 10.00. The highest BCUT2D eigenvalue weighted by Crippen LogP contribution is 2.26. The van der Waals surface area contributed by atoms with Crippen molar-refractivity contribution in [3.8, 4) is 0 Å². The van der Waals surface area contributed by atoms with Crippen LogP contribution < -0.4 is 9.80 Å². The summed E-state index contributed by atoms with van der Waals surface area (Å²) in [5.74, 6) is 2.00. The molecule has 7 heteroatoms. The maximum Gasteiger partial charge on any atom is 0.227 e. The number of rotatable bonds is 4. The molecule has 1 fully saturated rings. The molecule has 0 spiro atoms. The van der Waals surface area contributed by atoms with E-state index in [0.29, 0.717) is 18.9 Å². The Labute approximate surface area is 154 Å². The lowest BCUT2D eigenvalue weighted by Gasteiger charge is -2.31. The molecule has 26 heavy (non-hydrogen) atoms. The number of hydrogen-bond donors (Lipinski definition) is 0. The molecule has 4 rings (SSSR count). The van der Waals surface area contributed by atoms with Crippen LogP contribution in [-0.4, -0.2) is 49.0 Å². The molecule has 0 bridgehead atoms. The number of fused-ring (bicyclic) bond motifs is 1. The quantitative estimate of drug-likeness (QED) is 0.818. The van der Waals surface area contributed by atoms with Crippen LogP contribution >= 0.6 is 0 Å². The van der Waals surface area contributed by atoms with Gasteiger partial charge in [0.1, 0.15) is 5.82 Å². The topological polar surface area (TPSA) is 66.4 Å². The Balaban J connectivity index is 1.57. The third-order valence-electron chi connectivity index (χ3n) is 5.33. The summed E-state index contributed by atoms with van der Waals surface area (Å²) in [5.41, 5.74) is 2.75. The first-order valence-electron chi connectivity index (χ1n) is 9.17. The summed E-state index contributed by atoms with van der Waals surface area (Å²) in [4.78, 5) is 13.5. The van der Waals surface area contributed by atoms with Gasteiger partial charge in [0.05, 0.1) is 11.5 Å². The van der Waals surface area contributed by atoms with Crippen LogP contribution in [0.2, 0.25) is 0 Å². The van der Waals surface area contributed by atoms with Gasteiger partial charge in [-0.05, 0) is 37.0 Å². The minimum atomic E-state index is -2.93. The Morgan fingerprint density at radius 2 is 2.04 bits per heavy atom. The molecular weight excluding hydrogens is 348 g/mol. The van der Waals surface area contributed by atoms with Crippen LogP contribution in [0.4, 0.5) is 11.8 Å². The minimum absolute atomic E-state index is 0.0256. The highest BCUT2D eigenvalue weighted by molar-refractivity contribution is 7.91. The molecule has 2 aromatic rings. The fourth-order valence-electron chi connectivity index (χ4n) is 3.93. The van der Waals surface area contributed by atoms with Crippen LogP contribution in [0, 0.1) is 0 Å². The molecule has 1 aromatic heterocycles. The average Bonchev–Trinajstić information content (AvgIpc) is 3.02. The molecule has 2 aliphatic heterocycles. The van der Waals surface area contributed by atoms with Gasteiger partial charge in [-0.15, -0.1) is 0 Å². The van der Waals surface area contributed by atoms with Crippen molar-refractivity contribution in [3.05, 3.63) is 47.7 Å². The molecule has 1 aromatic carbocycles. The largest absolute Gasteiger partial charge is 0.352 e. The summed E-state index contributed by atoms with van der Waals surface area (Å²) < 4.78 is 23.7. The maximum atomic E-state index is 11.8. The molecule has 0 aliphatic carbocycles. The van der Waals surface area contributed by atoms with Gasteiger partial charge in [-0.1, -0.05) is 24.3 Å². The predicted octanol–water partition coefficient (Wildman–Crippen LogP) is 2.05. The van der Waals surface area contributed by atoms with Gasteiger partial charge in [0.2, 0.25) is 5.95 Å². The fraction of sp³-hybridized carbons (Fsp3) is 0.474. The zero-order valence-corrected chi connectivity index (χ0v) is 15.8. The number of sulfone groups is 1. The Hall–Kier alpha value is -2.15. The van der Waals surface area contributed by atoms with E-state index < -0.39 is 9.84 Å². The van der Waals surface area contributed by atoms with Crippen LogP contribution in [-0.2, 0) is 22.8 Å². The van der Waals surface area contributed by atoms with Gasteiger partial charge in [0.15, 0.2) is 9.84 Å². The predicted molar refractivity (Wildman–Crippen MR) is 103 cm³/mol. The fourth-order valence-corrected chi connectivity index (χ4v) is 5.66. The van der Waals surface area contributed by atoms with Crippen molar-refractivity contribution in [2.45, 2.75) is 32.4 Å².